The third-order valence-corrected chi connectivity index (χ3v) is 5.07. The SMILES string of the molecule is CCOC(=O)c1cnn(-c2ccc(C(=O)N(CC)c3ccc(C)cc3C)cc2)c1C. The van der Waals surface area contributed by atoms with Crippen LogP contribution in [0.4, 0.5) is 5.69 Å². The van der Waals surface area contributed by atoms with Gasteiger partial charge in [0.2, 0.25) is 0 Å². The molecule has 0 saturated heterocycles. The molecule has 0 atom stereocenters. The van der Waals surface area contributed by atoms with Crippen molar-refractivity contribution in [2.45, 2.75) is 34.6 Å². The molecular weight excluding hydrogens is 378 g/mol. The van der Waals surface area contributed by atoms with E-state index in [0.717, 1.165) is 16.9 Å². The molecule has 0 unspecified atom stereocenters. The molecule has 0 aliphatic heterocycles. The van der Waals surface area contributed by atoms with Crippen molar-refractivity contribution in [3.63, 3.8) is 0 Å². The van der Waals surface area contributed by atoms with Gasteiger partial charge in [0.1, 0.15) is 5.56 Å². The van der Waals surface area contributed by atoms with Crippen LogP contribution >= 0.6 is 0 Å². The van der Waals surface area contributed by atoms with E-state index in [9.17, 15) is 9.59 Å². The van der Waals surface area contributed by atoms with E-state index in [4.69, 9.17) is 4.74 Å². The van der Waals surface area contributed by atoms with Crippen molar-refractivity contribution in [1.29, 1.82) is 0 Å². The Morgan fingerprint density at radius 3 is 2.33 bits per heavy atom. The summed E-state index contributed by atoms with van der Waals surface area (Å²) in [6, 6.07) is 13.3. The van der Waals surface area contributed by atoms with Crippen LogP contribution in [-0.4, -0.2) is 34.8 Å². The van der Waals surface area contributed by atoms with Crippen molar-refractivity contribution in [2.24, 2.45) is 0 Å². The number of anilines is 1. The normalized spacial score (nSPS) is 10.7. The summed E-state index contributed by atoms with van der Waals surface area (Å²) in [4.78, 5) is 26.9. The van der Waals surface area contributed by atoms with Crippen molar-refractivity contribution in [3.05, 3.63) is 76.6 Å². The first-order chi connectivity index (χ1) is 14.4. The number of rotatable bonds is 6. The second kappa shape index (κ2) is 8.95. The summed E-state index contributed by atoms with van der Waals surface area (Å²) in [5.41, 5.74) is 5.65. The molecule has 6 heteroatoms. The van der Waals surface area contributed by atoms with Gasteiger partial charge in [-0.2, -0.15) is 5.10 Å². The van der Waals surface area contributed by atoms with E-state index in [2.05, 4.69) is 11.2 Å². The summed E-state index contributed by atoms with van der Waals surface area (Å²) in [5.74, 6) is -0.444. The smallest absolute Gasteiger partial charge is 0.341 e. The van der Waals surface area contributed by atoms with E-state index in [-0.39, 0.29) is 11.9 Å². The van der Waals surface area contributed by atoms with Crippen LogP contribution in [0.5, 0.6) is 0 Å². The van der Waals surface area contributed by atoms with Crippen LogP contribution in [0, 0.1) is 20.8 Å². The highest BCUT2D eigenvalue weighted by Crippen LogP contribution is 2.24. The van der Waals surface area contributed by atoms with Crippen molar-refractivity contribution in [3.8, 4) is 5.69 Å². The standard InChI is InChI=1S/C24H27N3O3/c1-6-26(22-13-8-16(3)14-17(22)4)23(28)19-9-11-20(12-10-19)27-18(5)21(15-25-27)24(29)30-7-2/h8-15H,6-7H2,1-5H3. The molecule has 3 rings (SSSR count). The van der Waals surface area contributed by atoms with Gasteiger partial charge in [-0.1, -0.05) is 17.7 Å². The second-order valence-electron chi connectivity index (χ2n) is 7.16. The van der Waals surface area contributed by atoms with Crippen LogP contribution in [0.25, 0.3) is 5.69 Å². The molecule has 0 bridgehead atoms. The van der Waals surface area contributed by atoms with Crippen molar-refractivity contribution >= 4 is 17.6 Å². The molecule has 0 aliphatic carbocycles. The topological polar surface area (TPSA) is 64.4 Å². The summed E-state index contributed by atoms with van der Waals surface area (Å²) in [5, 5.41) is 4.30. The lowest BCUT2D eigenvalue weighted by atomic mass is 10.1. The number of hydrogen-bond acceptors (Lipinski definition) is 4. The van der Waals surface area contributed by atoms with Gasteiger partial charge in [0.25, 0.3) is 5.91 Å². The Morgan fingerprint density at radius 2 is 1.73 bits per heavy atom. The maximum Gasteiger partial charge on any atom is 0.341 e. The average Bonchev–Trinajstić information content (AvgIpc) is 3.11. The minimum Gasteiger partial charge on any atom is -0.462 e. The minimum absolute atomic E-state index is 0.0552. The van der Waals surface area contributed by atoms with Crippen LogP contribution in [0.15, 0.2) is 48.7 Å². The molecule has 156 valence electrons. The highest BCUT2D eigenvalue weighted by Gasteiger charge is 2.19. The number of amides is 1. The molecule has 1 aromatic heterocycles. The monoisotopic (exact) mass is 405 g/mol. The highest BCUT2D eigenvalue weighted by atomic mass is 16.5. The third kappa shape index (κ3) is 4.13. The Balaban J connectivity index is 1.86. The molecule has 0 saturated carbocycles. The van der Waals surface area contributed by atoms with Gasteiger partial charge < -0.3 is 9.64 Å². The molecule has 2 aromatic carbocycles. The summed E-state index contributed by atoms with van der Waals surface area (Å²) < 4.78 is 6.73. The molecule has 1 heterocycles. The quantitative estimate of drug-likeness (QED) is 0.561. The molecule has 0 radical (unpaired) electrons. The molecule has 6 nitrogen and oxygen atoms in total. The zero-order chi connectivity index (χ0) is 21.8. The van der Waals surface area contributed by atoms with Crippen molar-refractivity contribution in [2.75, 3.05) is 18.1 Å². The van der Waals surface area contributed by atoms with Crippen LogP contribution in [0.1, 0.15) is 51.4 Å². The van der Waals surface area contributed by atoms with Crippen LogP contribution in [0.3, 0.4) is 0 Å². The zero-order valence-electron chi connectivity index (χ0n) is 18.1. The van der Waals surface area contributed by atoms with E-state index in [0.29, 0.717) is 30.0 Å². The lowest BCUT2D eigenvalue weighted by Crippen LogP contribution is -2.31. The Morgan fingerprint density at radius 1 is 1.03 bits per heavy atom. The number of carbonyl (C=O) groups excluding carboxylic acids is 2. The largest absolute Gasteiger partial charge is 0.462 e. The first-order valence-corrected chi connectivity index (χ1v) is 10.1. The number of hydrogen-bond donors (Lipinski definition) is 0. The predicted octanol–water partition coefficient (Wildman–Crippen LogP) is 4.64. The van der Waals surface area contributed by atoms with Crippen molar-refractivity contribution in [1.82, 2.24) is 9.78 Å². The van der Waals surface area contributed by atoms with Gasteiger partial charge in [0, 0.05) is 17.8 Å². The molecule has 30 heavy (non-hydrogen) atoms. The maximum atomic E-state index is 13.1. The lowest BCUT2D eigenvalue weighted by Gasteiger charge is -2.23. The predicted molar refractivity (Wildman–Crippen MR) is 118 cm³/mol. The van der Waals surface area contributed by atoms with E-state index < -0.39 is 0 Å². The van der Waals surface area contributed by atoms with E-state index in [1.807, 2.05) is 52.0 Å². The van der Waals surface area contributed by atoms with E-state index >= 15 is 0 Å². The van der Waals surface area contributed by atoms with Crippen LogP contribution < -0.4 is 4.90 Å². The van der Waals surface area contributed by atoms with Gasteiger partial charge >= 0.3 is 5.97 Å². The van der Waals surface area contributed by atoms with Gasteiger partial charge in [-0.25, -0.2) is 9.48 Å². The summed E-state index contributed by atoms with van der Waals surface area (Å²) in [6.07, 6.45) is 1.51. The number of esters is 1. The molecule has 0 aliphatic rings. The molecule has 0 N–H and O–H groups in total. The van der Waals surface area contributed by atoms with Crippen molar-refractivity contribution < 1.29 is 14.3 Å². The Kier molecular flexibility index (Phi) is 6.35. The molecule has 1 amide bonds. The fraction of sp³-hybridized carbons (Fsp3) is 0.292. The number of nitrogens with zero attached hydrogens (tertiary/aromatic N) is 3. The number of aromatic nitrogens is 2. The molecule has 0 fully saturated rings. The Hall–Kier alpha value is -3.41. The van der Waals surface area contributed by atoms with Crippen LogP contribution in [0.2, 0.25) is 0 Å². The summed E-state index contributed by atoms with van der Waals surface area (Å²) in [6.45, 7) is 10.5. The molecular formula is C24H27N3O3. The Bertz CT molecular complexity index is 1070. The minimum atomic E-state index is -0.389. The van der Waals surface area contributed by atoms with Gasteiger partial charge in [-0.15, -0.1) is 0 Å². The van der Waals surface area contributed by atoms with Crippen LogP contribution in [-0.2, 0) is 4.74 Å². The summed E-state index contributed by atoms with van der Waals surface area (Å²) >= 11 is 0. The Labute approximate surface area is 177 Å². The van der Waals surface area contributed by atoms with Gasteiger partial charge in [0.15, 0.2) is 0 Å². The third-order valence-electron chi connectivity index (χ3n) is 5.07. The fourth-order valence-electron chi connectivity index (χ4n) is 3.51. The van der Waals surface area contributed by atoms with Gasteiger partial charge in [-0.05, 0) is 70.5 Å². The van der Waals surface area contributed by atoms with E-state index in [1.54, 1.807) is 28.6 Å². The molecule has 0 spiro atoms. The second-order valence-corrected chi connectivity index (χ2v) is 7.16. The maximum absolute atomic E-state index is 13.1. The van der Waals surface area contributed by atoms with Gasteiger partial charge in [0.05, 0.1) is 24.2 Å². The number of ether oxygens (including phenoxy) is 1. The number of aryl methyl sites for hydroxylation is 2. The highest BCUT2D eigenvalue weighted by molar-refractivity contribution is 6.06. The molecule has 3 aromatic rings. The van der Waals surface area contributed by atoms with Gasteiger partial charge in [-0.3, -0.25) is 4.79 Å². The fourth-order valence-corrected chi connectivity index (χ4v) is 3.51. The lowest BCUT2D eigenvalue weighted by molar-refractivity contribution is 0.0525. The zero-order valence-corrected chi connectivity index (χ0v) is 18.1. The van der Waals surface area contributed by atoms with E-state index in [1.165, 1.54) is 11.8 Å². The number of carbonyl (C=O) groups is 2. The first kappa shape index (κ1) is 21.3. The summed E-state index contributed by atoms with van der Waals surface area (Å²) in [7, 11) is 0. The first-order valence-electron chi connectivity index (χ1n) is 10.1. The number of benzene rings is 2. The average molecular weight is 405 g/mol.